The van der Waals surface area contributed by atoms with Crippen molar-refractivity contribution >= 4 is 0 Å². The Bertz CT molecular complexity index is 152. The van der Waals surface area contributed by atoms with Crippen molar-refractivity contribution < 1.29 is 5.11 Å². The molecule has 0 radical (unpaired) electrons. The van der Waals surface area contributed by atoms with Crippen molar-refractivity contribution in [1.82, 2.24) is 0 Å². The summed E-state index contributed by atoms with van der Waals surface area (Å²) in [6, 6.07) is 0. The van der Waals surface area contributed by atoms with Crippen molar-refractivity contribution in [2.45, 2.75) is 91.6 Å². The number of hydrogen-bond donors (Lipinski definition) is 1. The lowest BCUT2D eigenvalue weighted by atomic mass is 9.84. The van der Waals surface area contributed by atoms with Gasteiger partial charge in [0.2, 0.25) is 0 Å². The zero-order valence-electron chi connectivity index (χ0n) is 11.9. The molecular formula is C15H32O. The molecular weight excluding hydrogens is 196 g/mol. The Morgan fingerprint density at radius 2 is 1.56 bits per heavy atom. The summed E-state index contributed by atoms with van der Waals surface area (Å²) in [5, 5.41) is 9.69. The third-order valence-corrected chi connectivity index (χ3v) is 3.74. The first-order valence-corrected chi connectivity index (χ1v) is 7.20. The summed E-state index contributed by atoms with van der Waals surface area (Å²) in [4.78, 5) is 0. The summed E-state index contributed by atoms with van der Waals surface area (Å²) in [7, 11) is 0. The molecule has 1 unspecified atom stereocenters. The average molecular weight is 228 g/mol. The fourth-order valence-electron chi connectivity index (χ4n) is 1.92. The Morgan fingerprint density at radius 1 is 0.938 bits per heavy atom. The van der Waals surface area contributed by atoms with Crippen LogP contribution in [0.25, 0.3) is 0 Å². The van der Waals surface area contributed by atoms with E-state index in [1.807, 2.05) is 0 Å². The topological polar surface area (TPSA) is 20.2 Å². The normalized spacial score (nSPS) is 14.1. The molecule has 1 nitrogen and oxygen atoms in total. The van der Waals surface area contributed by atoms with Crippen LogP contribution in [0.4, 0.5) is 0 Å². The molecule has 1 heteroatoms. The molecule has 0 bridgehead atoms. The minimum Gasteiger partial charge on any atom is -0.393 e. The SMILES string of the molecule is CCCCC(O)CCCCCC(C)(C)CC. The van der Waals surface area contributed by atoms with Crippen molar-refractivity contribution in [3.05, 3.63) is 0 Å². The van der Waals surface area contributed by atoms with E-state index >= 15 is 0 Å². The molecule has 0 spiro atoms. The smallest absolute Gasteiger partial charge is 0.0540 e. The van der Waals surface area contributed by atoms with E-state index in [1.54, 1.807) is 0 Å². The maximum Gasteiger partial charge on any atom is 0.0540 e. The van der Waals surface area contributed by atoms with Crippen molar-refractivity contribution in [3.8, 4) is 0 Å². The van der Waals surface area contributed by atoms with Gasteiger partial charge >= 0.3 is 0 Å². The van der Waals surface area contributed by atoms with E-state index in [4.69, 9.17) is 0 Å². The molecule has 0 fully saturated rings. The lowest BCUT2D eigenvalue weighted by Crippen LogP contribution is -2.09. The van der Waals surface area contributed by atoms with Crippen LogP contribution < -0.4 is 0 Å². The van der Waals surface area contributed by atoms with Gasteiger partial charge in [0.1, 0.15) is 0 Å². The maximum absolute atomic E-state index is 9.69. The molecule has 0 heterocycles. The molecule has 0 aliphatic heterocycles. The van der Waals surface area contributed by atoms with Gasteiger partial charge in [-0.05, 0) is 24.7 Å². The predicted octanol–water partition coefficient (Wildman–Crippen LogP) is 4.92. The van der Waals surface area contributed by atoms with Crippen molar-refractivity contribution in [2.24, 2.45) is 5.41 Å². The highest BCUT2D eigenvalue weighted by Crippen LogP contribution is 2.27. The molecule has 0 amide bonds. The highest BCUT2D eigenvalue weighted by Gasteiger charge is 2.13. The second kappa shape index (κ2) is 9.04. The molecule has 0 saturated carbocycles. The van der Waals surface area contributed by atoms with Crippen LogP contribution in [-0.4, -0.2) is 11.2 Å². The zero-order chi connectivity index (χ0) is 12.4. The Balaban J connectivity index is 3.33. The van der Waals surface area contributed by atoms with Gasteiger partial charge in [-0.25, -0.2) is 0 Å². The van der Waals surface area contributed by atoms with Crippen molar-refractivity contribution in [1.29, 1.82) is 0 Å². The second-order valence-electron chi connectivity index (χ2n) is 5.91. The molecule has 0 saturated heterocycles. The molecule has 0 aliphatic rings. The van der Waals surface area contributed by atoms with Crippen molar-refractivity contribution in [2.75, 3.05) is 0 Å². The average Bonchev–Trinajstić information content (AvgIpc) is 2.25. The molecule has 98 valence electrons. The molecule has 1 N–H and O–H groups in total. The molecule has 0 aromatic heterocycles. The zero-order valence-corrected chi connectivity index (χ0v) is 11.9. The van der Waals surface area contributed by atoms with Crippen LogP contribution in [-0.2, 0) is 0 Å². The van der Waals surface area contributed by atoms with Crippen LogP contribution >= 0.6 is 0 Å². The van der Waals surface area contributed by atoms with Crippen LogP contribution in [0, 0.1) is 5.41 Å². The summed E-state index contributed by atoms with van der Waals surface area (Å²) in [6.07, 6.45) is 10.7. The molecule has 16 heavy (non-hydrogen) atoms. The van der Waals surface area contributed by atoms with E-state index in [0.29, 0.717) is 5.41 Å². The van der Waals surface area contributed by atoms with Crippen molar-refractivity contribution in [3.63, 3.8) is 0 Å². The minimum absolute atomic E-state index is 0.0425. The molecule has 0 aromatic rings. The predicted molar refractivity (Wildman–Crippen MR) is 72.7 cm³/mol. The maximum atomic E-state index is 9.69. The van der Waals surface area contributed by atoms with E-state index in [-0.39, 0.29) is 6.10 Å². The standard InChI is InChI=1S/C15H32O/c1-5-7-11-14(16)12-9-8-10-13-15(3,4)6-2/h14,16H,5-13H2,1-4H3. The van der Waals surface area contributed by atoms with Gasteiger partial charge in [0, 0.05) is 0 Å². The number of aliphatic hydroxyl groups is 1. The number of rotatable bonds is 10. The van der Waals surface area contributed by atoms with Gasteiger partial charge in [-0.1, -0.05) is 66.2 Å². The third kappa shape index (κ3) is 9.21. The lowest BCUT2D eigenvalue weighted by Gasteiger charge is -2.22. The van der Waals surface area contributed by atoms with Crippen LogP contribution in [0.3, 0.4) is 0 Å². The monoisotopic (exact) mass is 228 g/mol. The highest BCUT2D eigenvalue weighted by atomic mass is 16.3. The summed E-state index contributed by atoms with van der Waals surface area (Å²) >= 11 is 0. The first-order valence-electron chi connectivity index (χ1n) is 7.20. The van der Waals surface area contributed by atoms with E-state index in [2.05, 4.69) is 27.7 Å². The molecule has 0 aliphatic carbocycles. The third-order valence-electron chi connectivity index (χ3n) is 3.74. The van der Waals surface area contributed by atoms with Gasteiger partial charge in [0.25, 0.3) is 0 Å². The first-order chi connectivity index (χ1) is 7.52. The Hall–Kier alpha value is -0.0400. The Kier molecular flexibility index (Phi) is 9.02. The number of hydrogen-bond acceptors (Lipinski definition) is 1. The summed E-state index contributed by atoms with van der Waals surface area (Å²) in [5.74, 6) is 0. The second-order valence-corrected chi connectivity index (χ2v) is 5.91. The summed E-state index contributed by atoms with van der Waals surface area (Å²) in [5.41, 5.74) is 0.515. The van der Waals surface area contributed by atoms with Gasteiger partial charge in [-0.3, -0.25) is 0 Å². The van der Waals surface area contributed by atoms with Gasteiger partial charge in [0.05, 0.1) is 6.10 Å². The van der Waals surface area contributed by atoms with E-state index in [0.717, 1.165) is 12.8 Å². The largest absolute Gasteiger partial charge is 0.393 e. The van der Waals surface area contributed by atoms with Crippen LogP contribution in [0.1, 0.15) is 85.5 Å². The fraction of sp³-hybridized carbons (Fsp3) is 1.00. The summed E-state index contributed by atoms with van der Waals surface area (Å²) in [6.45, 7) is 9.15. The number of unbranched alkanes of at least 4 members (excludes halogenated alkanes) is 3. The fourth-order valence-corrected chi connectivity index (χ4v) is 1.92. The summed E-state index contributed by atoms with van der Waals surface area (Å²) < 4.78 is 0. The van der Waals surface area contributed by atoms with Gasteiger partial charge in [0.15, 0.2) is 0 Å². The highest BCUT2D eigenvalue weighted by molar-refractivity contribution is 4.66. The van der Waals surface area contributed by atoms with E-state index < -0.39 is 0 Å². The minimum atomic E-state index is -0.0425. The lowest BCUT2D eigenvalue weighted by molar-refractivity contribution is 0.147. The Morgan fingerprint density at radius 3 is 2.12 bits per heavy atom. The van der Waals surface area contributed by atoms with Gasteiger partial charge < -0.3 is 5.11 Å². The van der Waals surface area contributed by atoms with Crippen LogP contribution in [0.15, 0.2) is 0 Å². The number of aliphatic hydroxyl groups excluding tert-OH is 1. The molecule has 0 aromatic carbocycles. The molecule has 1 atom stereocenters. The van der Waals surface area contributed by atoms with Crippen LogP contribution in [0.2, 0.25) is 0 Å². The molecule has 0 rings (SSSR count). The van der Waals surface area contributed by atoms with Gasteiger partial charge in [-0.15, -0.1) is 0 Å². The van der Waals surface area contributed by atoms with E-state index in [1.165, 1.54) is 44.9 Å². The quantitative estimate of drug-likeness (QED) is 0.526. The van der Waals surface area contributed by atoms with Gasteiger partial charge in [-0.2, -0.15) is 0 Å². The van der Waals surface area contributed by atoms with Crippen LogP contribution in [0.5, 0.6) is 0 Å². The van der Waals surface area contributed by atoms with E-state index in [9.17, 15) is 5.11 Å². The first kappa shape index (κ1) is 16.0. The Labute approximate surface area is 103 Å².